The first-order valence-corrected chi connectivity index (χ1v) is 6.72. The Bertz CT molecular complexity index is 375. The average Bonchev–Trinajstić information content (AvgIpc) is 2.76. The SMILES string of the molecule is CCCC(C)CC(F)c1cccc2c1NCC2. The average molecular weight is 235 g/mol. The number of hydrogen-bond acceptors (Lipinski definition) is 1. The van der Waals surface area contributed by atoms with Crippen LogP contribution in [0, 0.1) is 5.92 Å². The molecule has 1 N–H and O–H groups in total. The molecule has 0 saturated carbocycles. The maximum Gasteiger partial charge on any atom is 0.127 e. The van der Waals surface area contributed by atoms with Crippen LogP contribution >= 0.6 is 0 Å². The van der Waals surface area contributed by atoms with Crippen LogP contribution < -0.4 is 5.32 Å². The van der Waals surface area contributed by atoms with Crippen LogP contribution in [0.15, 0.2) is 18.2 Å². The van der Waals surface area contributed by atoms with Crippen LogP contribution in [0.5, 0.6) is 0 Å². The number of nitrogens with one attached hydrogen (secondary N) is 1. The fraction of sp³-hybridized carbons (Fsp3) is 0.600. The van der Waals surface area contributed by atoms with E-state index < -0.39 is 6.17 Å². The summed E-state index contributed by atoms with van der Waals surface area (Å²) in [7, 11) is 0. The Balaban J connectivity index is 2.09. The van der Waals surface area contributed by atoms with Crippen molar-refractivity contribution in [3.05, 3.63) is 29.3 Å². The number of hydrogen-bond donors (Lipinski definition) is 1. The van der Waals surface area contributed by atoms with Crippen molar-refractivity contribution >= 4 is 5.69 Å². The van der Waals surface area contributed by atoms with E-state index in [0.29, 0.717) is 12.3 Å². The van der Waals surface area contributed by atoms with Crippen molar-refractivity contribution in [1.29, 1.82) is 0 Å². The molecule has 1 aliphatic rings. The van der Waals surface area contributed by atoms with Gasteiger partial charge in [-0.2, -0.15) is 0 Å². The number of rotatable bonds is 5. The molecular formula is C15H22FN. The zero-order valence-corrected chi connectivity index (χ0v) is 10.8. The monoisotopic (exact) mass is 235 g/mol. The van der Waals surface area contributed by atoms with Gasteiger partial charge >= 0.3 is 0 Å². The molecule has 0 fully saturated rings. The van der Waals surface area contributed by atoms with Gasteiger partial charge in [0.05, 0.1) is 0 Å². The van der Waals surface area contributed by atoms with Crippen molar-refractivity contribution in [3.63, 3.8) is 0 Å². The van der Waals surface area contributed by atoms with E-state index in [2.05, 4.69) is 25.2 Å². The Morgan fingerprint density at radius 1 is 1.41 bits per heavy atom. The molecule has 0 spiro atoms. The van der Waals surface area contributed by atoms with Gasteiger partial charge in [-0.25, -0.2) is 4.39 Å². The zero-order valence-electron chi connectivity index (χ0n) is 10.8. The van der Waals surface area contributed by atoms with Gasteiger partial charge in [-0.05, 0) is 24.3 Å². The molecule has 1 heterocycles. The lowest BCUT2D eigenvalue weighted by atomic mass is 9.94. The van der Waals surface area contributed by atoms with E-state index in [0.717, 1.165) is 37.1 Å². The quantitative estimate of drug-likeness (QED) is 0.792. The summed E-state index contributed by atoms with van der Waals surface area (Å²) >= 11 is 0. The van der Waals surface area contributed by atoms with Crippen molar-refractivity contribution in [1.82, 2.24) is 0 Å². The van der Waals surface area contributed by atoms with Gasteiger partial charge < -0.3 is 5.32 Å². The molecule has 1 aromatic carbocycles. The molecule has 2 atom stereocenters. The third kappa shape index (κ3) is 2.80. The summed E-state index contributed by atoms with van der Waals surface area (Å²) in [6.45, 7) is 5.25. The van der Waals surface area contributed by atoms with Crippen LogP contribution in [0.4, 0.5) is 10.1 Å². The Morgan fingerprint density at radius 2 is 2.24 bits per heavy atom. The minimum atomic E-state index is -0.822. The highest BCUT2D eigenvalue weighted by Crippen LogP contribution is 2.36. The van der Waals surface area contributed by atoms with E-state index in [1.807, 2.05) is 12.1 Å². The lowest BCUT2D eigenvalue weighted by Crippen LogP contribution is -2.03. The third-order valence-electron chi connectivity index (χ3n) is 3.61. The van der Waals surface area contributed by atoms with E-state index >= 15 is 0 Å². The molecule has 0 amide bonds. The first kappa shape index (κ1) is 12.4. The van der Waals surface area contributed by atoms with E-state index in [4.69, 9.17) is 0 Å². The highest BCUT2D eigenvalue weighted by molar-refractivity contribution is 5.61. The van der Waals surface area contributed by atoms with E-state index in [1.54, 1.807) is 0 Å². The molecule has 94 valence electrons. The predicted molar refractivity (Wildman–Crippen MR) is 71.2 cm³/mol. The summed E-state index contributed by atoms with van der Waals surface area (Å²) < 4.78 is 14.3. The van der Waals surface area contributed by atoms with Crippen molar-refractivity contribution in [3.8, 4) is 0 Å². The molecule has 0 saturated heterocycles. The summed E-state index contributed by atoms with van der Waals surface area (Å²) in [4.78, 5) is 0. The largest absolute Gasteiger partial charge is 0.384 e. The molecule has 0 aromatic heterocycles. The van der Waals surface area contributed by atoms with Crippen molar-refractivity contribution in [2.75, 3.05) is 11.9 Å². The van der Waals surface area contributed by atoms with Gasteiger partial charge in [0.1, 0.15) is 6.17 Å². The van der Waals surface area contributed by atoms with Crippen molar-refractivity contribution in [2.45, 2.75) is 45.7 Å². The molecule has 1 nitrogen and oxygen atoms in total. The minimum Gasteiger partial charge on any atom is -0.384 e. The topological polar surface area (TPSA) is 12.0 Å². The highest BCUT2D eigenvalue weighted by atomic mass is 19.1. The number of fused-ring (bicyclic) bond motifs is 1. The van der Waals surface area contributed by atoms with Gasteiger partial charge in [-0.3, -0.25) is 0 Å². The first-order chi connectivity index (χ1) is 8.22. The number of benzene rings is 1. The fourth-order valence-electron chi connectivity index (χ4n) is 2.72. The molecule has 1 aromatic rings. The van der Waals surface area contributed by atoms with E-state index in [9.17, 15) is 4.39 Å². The molecule has 17 heavy (non-hydrogen) atoms. The van der Waals surface area contributed by atoms with Gasteiger partial charge in [-0.1, -0.05) is 44.9 Å². The second kappa shape index (κ2) is 5.52. The minimum absolute atomic E-state index is 0.465. The van der Waals surface area contributed by atoms with E-state index in [1.165, 1.54) is 5.56 Å². The van der Waals surface area contributed by atoms with Gasteiger partial charge in [0.15, 0.2) is 0 Å². The van der Waals surface area contributed by atoms with Crippen LogP contribution in [0.2, 0.25) is 0 Å². The highest BCUT2D eigenvalue weighted by Gasteiger charge is 2.21. The molecule has 0 radical (unpaired) electrons. The molecule has 2 rings (SSSR count). The zero-order chi connectivity index (χ0) is 12.3. The molecule has 2 unspecified atom stereocenters. The van der Waals surface area contributed by atoms with E-state index in [-0.39, 0.29) is 0 Å². The van der Waals surface area contributed by atoms with Crippen molar-refractivity contribution in [2.24, 2.45) is 5.92 Å². The summed E-state index contributed by atoms with van der Waals surface area (Å²) in [5, 5.41) is 3.31. The summed E-state index contributed by atoms with van der Waals surface area (Å²) in [5.41, 5.74) is 3.19. The number of halogens is 1. The first-order valence-electron chi connectivity index (χ1n) is 6.72. The summed E-state index contributed by atoms with van der Waals surface area (Å²) in [5.74, 6) is 0.465. The van der Waals surface area contributed by atoms with Crippen molar-refractivity contribution < 1.29 is 4.39 Å². The second-order valence-corrected chi connectivity index (χ2v) is 5.16. The predicted octanol–water partition coefficient (Wildman–Crippen LogP) is 4.49. The Kier molecular flexibility index (Phi) is 4.03. The number of anilines is 1. The Hall–Kier alpha value is -1.05. The Labute approximate surface area is 103 Å². The number of alkyl halides is 1. The molecule has 0 aliphatic carbocycles. The van der Waals surface area contributed by atoms with Gasteiger partial charge in [-0.15, -0.1) is 0 Å². The summed E-state index contributed by atoms with van der Waals surface area (Å²) in [6, 6.07) is 6.01. The maximum atomic E-state index is 14.3. The molecule has 1 aliphatic heterocycles. The van der Waals surface area contributed by atoms with Gasteiger partial charge in [0, 0.05) is 17.8 Å². The Morgan fingerprint density at radius 3 is 3.00 bits per heavy atom. The molecule has 0 bridgehead atoms. The second-order valence-electron chi connectivity index (χ2n) is 5.16. The standard InChI is InChI=1S/C15H22FN/c1-3-5-11(2)10-14(16)13-7-4-6-12-8-9-17-15(12)13/h4,6-7,11,14,17H,3,5,8-10H2,1-2H3. The van der Waals surface area contributed by atoms with Gasteiger partial charge in [0.25, 0.3) is 0 Å². The third-order valence-corrected chi connectivity index (χ3v) is 3.61. The van der Waals surface area contributed by atoms with Gasteiger partial charge in [0.2, 0.25) is 0 Å². The number of para-hydroxylation sites is 1. The lowest BCUT2D eigenvalue weighted by Gasteiger charge is -2.17. The van der Waals surface area contributed by atoms with Crippen LogP contribution in [-0.4, -0.2) is 6.54 Å². The fourth-order valence-corrected chi connectivity index (χ4v) is 2.72. The molecule has 2 heteroatoms. The van der Waals surface area contributed by atoms with Crippen LogP contribution in [0.1, 0.15) is 50.4 Å². The normalized spacial score (nSPS) is 17.4. The van der Waals surface area contributed by atoms with Crippen LogP contribution in [0.25, 0.3) is 0 Å². The lowest BCUT2D eigenvalue weighted by molar-refractivity contribution is 0.274. The maximum absolute atomic E-state index is 14.3. The van der Waals surface area contributed by atoms with Crippen LogP contribution in [0.3, 0.4) is 0 Å². The van der Waals surface area contributed by atoms with Crippen LogP contribution in [-0.2, 0) is 6.42 Å². The summed E-state index contributed by atoms with van der Waals surface area (Å²) in [6.07, 6.45) is 3.10. The smallest absolute Gasteiger partial charge is 0.127 e. The molecular weight excluding hydrogens is 213 g/mol.